The van der Waals surface area contributed by atoms with Crippen LogP contribution in [0, 0.1) is 0 Å². The van der Waals surface area contributed by atoms with E-state index in [1.165, 1.54) is 17.1 Å². The molecule has 2 aliphatic rings. The van der Waals surface area contributed by atoms with Crippen LogP contribution in [0.25, 0.3) is 0 Å². The van der Waals surface area contributed by atoms with Crippen molar-refractivity contribution in [1.29, 1.82) is 0 Å². The molecule has 7 heteroatoms. The third-order valence-electron chi connectivity index (χ3n) is 6.69. The molecule has 0 spiro atoms. The molecule has 0 radical (unpaired) electrons. The Labute approximate surface area is 222 Å². The van der Waals surface area contributed by atoms with Crippen LogP contribution in [0.2, 0.25) is 0 Å². The van der Waals surface area contributed by atoms with Crippen LogP contribution in [0.5, 0.6) is 0 Å². The highest BCUT2D eigenvalue weighted by Gasteiger charge is 2.48. The number of hydrogen-bond acceptors (Lipinski definition) is 6. The summed E-state index contributed by atoms with van der Waals surface area (Å²) in [7, 11) is 0. The van der Waals surface area contributed by atoms with Gasteiger partial charge in [0.05, 0.1) is 39.1 Å². The summed E-state index contributed by atoms with van der Waals surface area (Å²) in [5.41, 5.74) is 3.03. The molecule has 1 saturated heterocycles. The Morgan fingerprint density at radius 2 is 1.13 bits per heavy atom. The number of benzene rings is 3. The van der Waals surface area contributed by atoms with Crippen LogP contribution in [0.3, 0.4) is 0 Å². The Bertz CT molecular complexity index is 1200. The second-order valence-electron chi connectivity index (χ2n) is 9.34. The fourth-order valence-corrected chi connectivity index (χ4v) is 4.75. The van der Waals surface area contributed by atoms with Crippen molar-refractivity contribution < 1.29 is 28.5 Å². The third kappa shape index (κ3) is 6.44. The first-order valence-electron chi connectivity index (χ1n) is 12.8. The molecule has 1 fully saturated rings. The van der Waals surface area contributed by atoms with Crippen molar-refractivity contribution in [2.75, 3.05) is 13.2 Å². The molecule has 0 bridgehead atoms. The van der Waals surface area contributed by atoms with Gasteiger partial charge in [-0.2, -0.15) is 0 Å². The van der Waals surface area contributed by atoms with E-state index in [2.05, 4.69) is 0 Å². The van der Waals surface area contributed by atoms with Crippen molar-refractivity contribution in [2.24, 2.45) is 0 Å². The molecule has 4 atom stereocenters. The molecule has 0 N–H and O–H groups in total. The van der Waals surface area contributed by atoms with E-state index in [1.54, 1.807) is 0 Å². The summed E-state index contributed by atoms with van der Waals surface area (Å²) in [6.45, 7) is 1.45. The van der Waals surface area contributed by atoms with Crippen LogP contribution >= 0.6 is 0 Å². The molecular weight excluding hydrogens is 482 g/mol. The summed E-state index contributed by atoms with van der Waals surface area (Å²) in [5.74, 6) is -0.755. The summed E-state index contributed by atoms with van der Waals surface area (Å²) in [6, 6.07) is 28.9. The van der Waals surface area contributed by atoms with Crippen LogP contribution in [0.15, 0.2) is 103 Å². The minimum Gasteiger partial charge on any atom is -0.374 e. The molecule has 2 aliphatic heterocycles. The number of ether oxygens (including phenoxy) is 4. The molecule has 7 nitrogen and oxygen atoms in total. The number of amides is 2. The van der Waals surface area contributed by atoms with E-state index in [0.29, 0.717) is 19.8 Å². The number of hydrogen-bond donors (Lipinski definition) is 0. The van der Waals surface area contributed by atoms with E-state index in [1.807, 2.05) is 91.0 Å². The predicted molar refractivity (Wildman–Crippen MR) is 141 cm³/mol. The van der Waals surface area contributed by atoms with Crippen molar-refractivity contribution in [3.63, 3.8) is 0 Å². The zero-order chi connectivity index (χ0) is 26.2. The van der Waals surface area contributed by atoms with Crippen LogP contribution in [0.1, 0.15) is 16.7 Å². The number of rotatable bonds is 11. The summed E-state index contributed by atoms with van der Waals surface area (Å²) in [6.07, 6.45) is 0.900. The van der Waals surface area contributed by atoms with Crippen molar-refractivity contribution >= 4 is 11.8 Å². The van der Waals surface area contributed by atoms with Crippen LogP contribution in [-0.2, 0) is 48.4 Å². The van der Waals surface area contributed by atoms with Gasteiger partial charge in [-0.1, -0.05) is 91.0 Å². The molecule has 0 aliphatic carbocycles. The standard InChI is InChI=1S/C31H31NO6/c33-28-16-17-29(34)32(28)26-21-36-27(22-35-18-23-10-4-1-5-11-23)31(38-20-25-14-8-3-9-15-25)30(26)37-19-24-12-6-2-7-13-24/h1-17,26-27,30-31H,18-22H2/t26-,27-,30-,31+/m1/s1. The minimum atomic E-state index is -0.639. The van der Waals surface area contributed by atoms with Gasteiger partial charge in [0.1, 0.15) is 18.3 Å². The molecule has 3 aromatic rings. The monoisotopic (exact) mass is 513 g/mol. The number of carbonyl (C=O) groups excluding carboxylic acids is 2. The number of nitrogens with zero attached hydrogens (tertiary/aromatic N) is 1. The SMILES string of the molecule is O=C1C=CC(=O)N1[C@@H]1CO[C@H](COCc2ccccc2)[C@H](OCc2ccccc2)[C@@H]1OCc1ccccc1. The Hall–Kier alpha value is -3.62. The highest BCUT2D eigenvalue weighted by atomic mass is 16.6. The molecule has 0 saturated carbocycles. The highest BCUT2D eigenvalue weighted by molar-refractivity contribution is 6.13. The van der Waals surface area contributed by atoms with Gasteiger partial charge in [0.2, 0.25) is 0 Å². The van der Waals surface area contributed by atoms with Crippen molar-refractivity contribution in [2.45, 2.75) is 44.2 Å². The number of imide groups is 1. The number of carbonyl (C=O) groups is 2. The maximum absolute atomic E-state index is 12.6. The first-order chi connectivity index (χ1) is 18.7. The molecule has 0 unspecified atom stereocenters. The molecule has 38 heavy (non-hydrogen) atoms. The first-order valence-corrected chi connectivity index (χ1v) is 12.8. The van der Waals surface area contributed by atoms with Gasteiger partial charge in [-0.3, -0.25) is 14.5 Å². The smallest absolute Gasteiger partial charge is 0.254 e. The van der Waals surface area contributed by atoms with Gasteiger partial charge in [0.15, 0.2) is 0 Å². The molecule has 196 valence electrons. The summed E-state index contributed by atoms with van der Waals surface area (Å²) in [4.78, 5) is 26.5. The lowest BCUT2D eigenvalue weighted by atomic mass is 9.96. The molecule has 2 heterocycles. The summed E-state index contributed by atoms with van der Waals surface area (Å²) >= 11 is 0. The zero-order valence-corrected chi connectivity index (χ0v) is 21.1. The lowest BCUT2D eigenvalue weighted by Gasteiger charge is -2.44. The quantitative estimate of drug-likeness (QED) is 0.360. The van der Waals surface area contributed by atoms with Crippen LogP contribution in [-0.4, -0.2) is 54.3 Å². The summed E-state index contributed by atoms with van der Waals surface area (Å²) in [5, 5.41) is 0. The average molecular weight is 514 g/mol. The van der Waals surface area contributed by atoms with Crippen molar-refractivity contribution in [1.82, 2.24) is 4.90 Å². The van der Waals surface area contributed by atoms with Gasteiger partial charge in [0.25, 0.3) is 11.8 Å². The van der Waals surface area contributed by atoms with Gasteiger partial charge >= 0.3 is 0 Å². The predicted octanol–water partition coefficient (Wildman–Crippen LogP) is 4.07. The van der Waals surface area contributed by atoms with Crippen LogP contribution < -0.4 is 0 Å². The van der Waals surface area contributed by atoms with E-state index in [0.717, 1.165) is 16.7 Å². The van der Waals surface area contributed by atoms with Gasteiger partial charge in [-0.25, -0.2) is 0 Å². The van der Waals surface area contributed by atoms with Crippen LogP contribution in [0.4, 0.5) is 0 Å². The Kier molecular flexibility index (Phi) is 8.73. The fourth-order valence-electron chi connectivity index (χ4n) is 4.75. The van der Waals surface area contributed by atoms with Gasteiger partial charge in [-0.05, 0) is 16.7 Å². The topological polar surface area (TPSA) is 74.3 Å². The second kappa shape index (κ2) is 12.8. The van der Waals surface area contributed by atoms with Gasteiger partial charge < -0.3 is 18.9 Å². The van der Waals surface area contributed by atoms with E-state index in [-0.39, 0.29) is 25.0 Å². The maximum Gasteiger partial charge on any atom is 0.254 e. The molecule has 3 aromatic carbocycles. The minimum absolute atomic E-state index is 0.128. The Morgan fingerprint density at radius 3 is 1.66 bits per heavy atom. The maximum atomic E-state index is 12.6. The molecule has 2 amide bonds. The molecular formula is C31H31NO6. The van der Waals surface area contributed by atoms with Gasteiger partial charge in [0, 0.05) is 12.2 Å². The lowest BCUT2D eigenvalue weighted by molar-refractivity contribution is -0.221. The normalized spacial score (nSPS) is 23.2. The largest absolute Gasteiger partial charge is 0.374 e. The molecule has 0 aromatic heterocycles. The fraction of sp³-hybridized carbons (Fsp3) is 0.290. The first kappa shape index (κ1) is 26.0. The van der Waals surface area contributed by atoms with E-state index >= 15 is 0 Å². The van der Waals surface area contributed by atoms with Crippen molar-refractivity contribution in [3.05, 3.63) is 120 Å². The molecule has 5 rings (SSSR count). The van der Waals surface area contributed by atoms with E-state index < -0.39 is 24.4 Å². The second-order valence-corrected chi connectivity index (χ2v) is 9.34. The van der Waals surface area contributed by atoms with Crippen molar-refractivity contribution in [3.8, 4) is 0 Å². The zero-order valence-electron chi connectivity index (χ0n) is 21.1. The Morgan fingerprint density at radius 1 is 0.658 bits per heavy atom. The average Bonchev–Trinajstić information content (AvgIpc) is 3.30. The third-order valence-corrected chi connectivity index (χ3v) is 6.69. The summed E-state index contributed by atoms with van der Waals surface area (Å²) < 4.78 is 25.2. The van der Waals surface area contributed by atoms with E-state index in [4.69, 9.17) is 18.9 Å². The van der Waals surface area contributed by atoms with E-state index in [9.17, 15) is 9.59 Å². The van der Waals surface area contributed by atoms with Gasteiger partial charge in [-0.15, -0.1) is 0 Å². The Balaban J connectivity index is 1.37. The highest BCUT2D eigenvalue weighted by Crippen LogP contribution is 2.29. The lowest BCUT2D eigenvalue weighted by Crippen LogP contribution is -2.62.